The zero-order valence-electron chi connectivity index (χ0n) is 10.2. The standard InChI is InChI=1S/C15H10ClFO3/c16-13-9-11(17)4-7-14(13)20-15(19)8-3-10-1-5-12(18)6-2-10/h1-9,18H/b8-3+. The van der Waals surface area contributed by atoms with E-state index >= 15 is 0 Å². The average Bonchev–Trinajstić information content (AvgIpc) is 2.41. The van der Waals surface area contributed by atoms with Crippen molar-refractivity contribution in [3.8, 4) is 11.5 Å². The lowest BCUT2D eigenvalue weighted by Gasteiger charge is -2.03. The number of hydrogen-bond acceptors (Lipinski definition) is 3. The van der Waals surface area contributed by atoms with Crippen LogP contribution in [0.2, 0.25) is 5.02 Å². The van der Waals surface area contributed by atoms with Gasteiger partial charge in [-0.25, -0.2) is 9.18 Å². The average molecular weight is 293 g/mol. The van der Waals surface area contributed by atoms with Crippen LogP contribution >= 0.6 is 11.6 Å². The minimum atomic E-state index is -0.633. The summed E-state index contributed by atoms with van der Waals surface area (Å²) in [5.74, 6) is -0.905. The molecular weight excluding hydrogens is 283 g/mol. The molecule has 0 saturated carbocycles. The molecule has 0 saturated heterocycles. The van der Waals surface area contributed by atoms with E-state index in [9.17, 15) is 9.18 Å². The molecule has 20 heavy (non-hydrogen) atoms. The molecule has 102 valence electrons. The Morgan fingerprint density at radius 2 is 1.90 bits per heavy atom. The van der Waals surface area contributed by atoms with Gasteiger partial charge in [0.15, 0.2) is 0 Å². The number of phenolic OH excluding ortho intramolecular Hbond substituents is 1. The predicted molar refractivity (Wildman–Crippen MR) is 74.2 cm³/mol. The lowest BCUT2D eigenvalue weighted by molar-refractivity contribution is -0.128. The Morgan fingerprint density at radius 1 is 1.20 bits per heavy atom. The zero-order valence-corrected chi connectivity index (χ0v) is 11.0. The third-order valence-electron chi connectivity index (χ3n) is 2.41. The molecule has 2 aromatic carbocycles. The van der Waals surface area contributed by atoms with E-state index in [-0.39, 0.29) is 16.5 Å². The molecule has 0 aliphatic carbocycles. The van der Waals surface area contributed by atoms with E-state index in [2.05, 4.69) is 0 Å². The van der Waals surface area contributed by atoms with Crippen LogP contribution in [0.25, 0.3) is 6.08 Å². The number of aromatic hydroxyl groups is 1. The smallest absolute Gasteiger partial charge is 0.336 e. The van der Waals surface area contributed by atoms with Gasteiger partial charge in [0.2, 0.25) is 0 Å². The quantitative estimate of drug-likeness (QED) is 0.532. The second-order valence-corrected chi connectivity index (χ2v) is 4.33. The molecule has 0 radical (unpaired) electrons. The van der Waals surface area contributed by atoms with E-state index in [0.29, 0.717) is 0 Å². The Kier molecular flexibility index (Phi) is 4.38. The number of benzene rings is 2. The maximum Gasteiger partial charge on any atom is 0.336 e. The maximum absolute atomic E-state index is 12.8. The van der Waals surface area contributed by atoms with Crippen LogP contribution in [-0.2, 0) is 4.79 Å². The van der Waals surface area contributed by atoms with Gasteiger partial charge in [0, 0.05) is 6.08 Å². The van der Waals surface area contributed by atoms with Gasteiger partial charge in [-0.15, -0.1) is 0 Å². The predicted octanol–water partition coefficient (Wildman–Crippen LogP) is 3.80. The Hall–Kier alpha value is -2.33. The van der Waals surface area contributed by atoms with E-state index in [1.807, 2.05) is 0 Å². The third kappa shape index (κ3) is 3.83. The van der Waals surface area contributed by atoms with Gasteiger partial charge >= 0.3 is 5.97 Å². The van der Waals surface area contributed by atoms with Crippen LogP contribution in [0.3, 0.4) is 0 Å². The number of hydrogen-bond donors (Lipinski definition) is 1. The van der Waals surface area contributed by atoms with Gasteiger partial charge < -0.3 is 9.84 Å². The molecule has 1 N–H and O–H groups in total. The third-order valence-corrected chi connectivity index (χ3v) is 2.70. The number of phenols is 1. The molecule has 2 rings (SSSR count). The first-order chi connectivity index (χ1) is 9.54. The molecule has 0 bridgehead atoms. The highest BCUT2D eigenvalue weighted by Gasteiger charge is 2.06. The van der Waals surface area contributed by atoms with E-state index < -0.39 is 11.8 Å². The second kappa shape index (κ2) is 6.21. The van der Waals surface area contributed by atoms with Crippen LogP contribution in [0.15, 0.2) is 48.5 Å². The van der Waals surface area contributed by atoms with Crippen molar-refractivity contribution in [1.29, 1.82) is 0 Å². The molecule has 0 aliphatic rings. The summed E-state index contributed by atoms with van der Waals surface area (Å²) in [6, 6.07) is 9.79. The molecule has 3 nitrogen and oxygen atoms in total. The number of carbonyl (C=O) groups excluding carboxylic acids is 1. The summed E-state index contributed by atoms with van der Waals surface area (Å²) < 4.78 is 17.8. The lowest BCUT2D eigenvalue weighted by Crippen LogP contribution is -2.04. The highest BCUT2D eigenvalue weighted by molar-refractivity contribution is 6.32. The fourth-order valence-electron chi connectivity index (χ4n) is 1.45. The van der Waals surface area contributed by atoms with Crippen molar-refractivity contribution in [2.24, 2.45) is 0 Å². The summed E-state index contributed by atoms with van der Waals surface area (Å²) in [7, 11) is 0. The van der Waals surface area contributed by atoms with Gasteiger partial charge in [0.05, 0.1) is 5.02 Å². The minimum Gasteiger partial charge on any atom is -0.508 e. The SMILES string of the molecule is O=C(/C=C/c1ccc(O)cc1)Oc1ccc(F)cc1Cl. The van der Waals surface area contributed by atoms with Gasteiger partial charge in [-0.3, -0.25) is 0 Å². The number of ether oxygens (including phenoxy) is 1. The molecule has 0 heterocycles. The van der Waals surface area contributed by atoms with Crippen molar-refractivity contribution in [3.63, 3.8) is 0 Å². The first kappa shape index (κ1) is 14.1. The summed E-state index contributed by atoms with van der Waals surface area (Å²) >= 11 is 5.74. The number of halogens is 2. The summed E-state index contributed by atoms with van der Waals surface area (Å²) in [6.45, 7) is 0. The van der Waals surface area contributed by atoms with Crippen molar-refractivity contribution in [2.45, 2.75) is 0 Å². The van der Waals surface area contributed by atoms with E-state index in [1.54, 1.807) is 12.1 Å². The van der Waals surface area contributed by atoms with Gasteiger partial charge in [-0.2, -0.15) is 0 Å². The van der Waals surface area contributed by atoms with Gasteiger partial charge in [-0.05, 0) is 42.0 Å². The van der Waals surface area contributed by atoms with Gasteiger partial charge in [0.25, 0.3) is 0 Å². The lowest BCUT2D eigenvalue weighted by atomic mass is 10.2. The highest BCUT2D eigenvalue weighted by Crippen LogP contribution is 2.25. The molecule has 0 fully saturated rings. The van der Waals surface area contributed by atoms with Gasteiger partial charge in [-0.1, -0.05) is 23.7 Å². The molecule has 0 aliphatic heterocycles. The fourth-order valence-corrected chi connectivity index (χ4v) is 1.66. The van der Waals surface area contributed by atoms with Crippen LogP contribution in [0.5, 0.6) is 11.5 Å². The summed E-state index contributed by atoms with van der Waals surface area (Å²) in [5, 5.41) is 9.15. The fraction of sp³-hybridized carbons (Fsp3) is 0. The van der Waals surface area contributed by atoms with Crippen molar-refractivity contribution < 1.29 is 19.0 Å². The summed E-state index contributed by atoms with van der Waals surface area (Å²) in [5.41, 5.74) is 0.727. The second-order valence-electron chi connectivity index (χ2n) is 3.92. The van der Waals surface area contributed by atoms with Crippen LogP contribution in [0.1, 0.15) is 5.56 Å². The molecule has 0 spiro atoms. The van der Waals surface area contributed by atoms with Gasteiger partial charge in [0.1, 0.15) is 17.3 Å². The van der Waals surface area contributed by atoms with Crippen molar-refractivity contribution in [3.05, 3.63) is 64.9 Å². The first-order valence-corrected chi connectivity index (χ1v) is 6.06. The van der Waals surface area contributed by atoms with Crippen molar-refractivity contribution >= 4 is 23.6 Å². The Balaban J connectivity index is 2.03. The molecule has 2 aromatic rings. The zero-order chi connectivity index (χ0) is 14.5. The first-order valence-electron chi connectivity index (χ1n) is 5.68. The number of esters is 1. The Labute approximate surface area is 119 Å². The summed E-state index contributed by atoms with van der Waals surface area (Å²) in [6.07, 6.45) is 2.74. The van der Waals surface area contributed by atoms with E-state index in [0.717, 1.165) is 17.7 Å². The van der Waals surface area contributed by atoms with Crippen molar-refractivity contribution in [2.75, 3.05) is 0 Å². The van der Waals surface area contributed by atoms with Crippen LogP contribution in [0, 0.1) is 5.82 Å². The maximum atomic E-state index is 12.8. The molecular formula is C15H10ClFO3. The molecule has 0 unspecified atom stereocenters. The Bertz CT molecular complexity index is 651. The topological polar surface area (TPSA) is 46.5 Å². The Morgan fingerprint density at radius 3 is 2.55 bits per heavy atom. The number of rotatable bonds is 3. The summed E-state index contributed by atoms with van der Waals surface area (Å²) in [4.78, 5) is 11.6. The van der Waals surface area contributed by atoms with Crippen molar-refractivity contribution in [1.82, 2.24) is 0 Å². The normalized spacial score (nSPS) is 10.7. The van der Waals surface area contributed by atoms with E-state index in [4.69, 9.17) is 21.4 Å². The highest BCUT2D eigenvalue weighted by atomic mass is 35.5. The van der Waals surface area contributed by atoms with Crippen LogP contribution in [0.4, 0.5) is 4.39 Å². The van der Waals surface area contributed by atoms with Crippen LogP contribution < -0.4 is 4.74 Å². The van der Waals surface area contributed by atoms with E-state index in [1.165, 1.54) is 30.4 Å². The minimum absolute atomic E-state index is 0.0244. The van der Waals surface area contributed by atoms with Crippen LogP contribution in [-0.4, -0.2) is 11.1 Å². The molecule has 0 amide bonds. The molecule has 0 aromatic heterocycles. The molecule has 5 heteroatoms. The number of carbonyl (C=O) groups is 1. The largest absolute Gasteiger partial charge is 0.508 e. The molecule has 0 atom stereocenters. The monoisotopic (exact) mass is 292 g/mol.